The molecule has 1 heterocycles. The predicted octanol–water partition coefficient (Wildman–Crippen LogP) is 6.36. The van der Waals surface area contributed by atoms with E-state index in [9.17, 15) is 0 Å². The number of nitrogens with zero attached hydrogens (tertiary/aromatic N) is 1. The fourth-order valence-corrected chi connectivity index (χ4v) is 3.41. The molecule has 142 valence electrons. The smallest absolute Gasteiger partial charge is 0.0594 e. The van der Waals surface area contributed by atoms with E-state index in [-0.39, 0.29) is 0 Å². The number of morpholine rings is 1. The third-order valence-corrected chi connectivity index (χ3v) is 5.09. The Hall–Kier alpha value is -0.340. The van der Waals surface area contributed by atoms with Gasteiger partial charge in [0.2, 0.25) is 0 Å². The zero-order valence-corrected chi connectivity index (χ0v) is 16.4. The second-order valence-electron chi connectivity index (χ2n) is 7.39. The maximum atomic E-state index is 5.39. The van der Waals surface area contributed by atoms with E-state index in [1.165, 1.54) is 96.4 Å². The number of hydrogen-bond donors (Lipinski definition) is 0. The summed E-state index contributed by atoms with van der Waals surface area (Å²) in [6, 6.07) is 0. The van der Waals surface area contributed by atoms with Gasteiger partial charge in [-0.3, -0.25) is 4.90 Å². The van der Waals surface area contributed by atoms with Crippen LogP contribution in [-0.4, -0.2) is 37.7 Å². The van der Waals surface area contributed by atoms with E-state index in [0.717, 1.165) is 26.3 Å². The quantitative estimate of drug-likeness (QED) is 0.240. The summed E-state index contributed by atoms with van der Waals surface area (Å²) in [6.07, 6.45) is 24.3. The lowest BCUT2D eigenvalue weighted by Crippen LogP contribution is -2.36. The molecule has 0 aliphatic carbocycles. The van der Waals surface area contributed by atoms with Crippen LogP contribution in [0.5, 0.6) is 0 Å². The monoisotopic (exact) mass is 337 g/mol. The Labute approximate surface area is 152 Å². The maximum absolute atomic E-state index is 5.39. The first kappa shape index (κ1) is 21.7. The molecule has 24 heavy (non-hydrogen) atoms. The molecule has 2 nitrogen and oxygen atoms in total. The molecule has 0 atom stereocenters. The zero-order valence-electron chi connectivity index (χ0n) is 16.4. The molecule has 0 aromatic carbocycles. The van der Waals surface area contributed by atoms with Crippen LogP contribution in [0.3, 0.4) is 0 Å². The summed E-state index contributed by atoms with van der Waals surface area (Å²) < 4.78 is 5.39. The van der Waals surface area contributed by atoms with Crippen LogP contribution in [0.25, 0.3) is 0 Å². The molecular formula is C22H43NO. The highest BCUT2D eigenvalue weighted by Gasteiger charge is 2.08. The Bertz CT molecular complexity index is 271. The first-order chi connectivity index (χ1) is 11.9. The molecule has 1 rings (SSSR count). The van der Waals surface area contributed by atoms with Crippen molar-refractivity contribution in [2.45, 2.75) is 96.8 Å². The number of unbranched alkanes of at least 4 members (excludes halogenated alkanes) is 12. The Kier molecular flexibility index (Phi) is 15.8. The van der Waals surface area contributed by atoms with Crippen LogP contribution in [0, 0.1) is 0 Å². The summed E-state index contributed by atoms with van der Waals surface area (Å²) in [5, 5.41) is 0. The van der Waals surface area contributed by atoms with Crippen molar-refractivity contribution in [2.24, 2.45) is 0 Å². The van der Waals surface area contributed by atoms with Gasteiger partial charge in [-0.15, -0.1) is 0 Å². The molecule has 0 unspecified atom stereocenters. The Balaban J connectivity index is 1.71. The van der Waals surface area contributed by atoms with Crippen molar-refractivity contribution in [3.8, 4) is 0 Å². The van der Waals surface area contributed by atoms with Crippen LogP contribution in [0.1, 0.15) is 96.8 Å². The molecule has 0 radical (unpaired) electrons. The second kappa shape index (κ2) is 17.5. The third-order valence-electron chi connectivity index (χ3n) is 5.09. The van der Waals surface area contributed by atoms with Crippen LogP contribution in [0.2, 0.25) is 0 Å². The van der Waals surface area contributed by atoms with Gasteiger partial charge in [-0.1, -0.05) is 76.9 Å². The van der Waals surface area contributed by atoms with Crippen molar-refractivity contribution in [3.05, 3.63) is 12.2 Å². The van der Waals surface area contributed by atoms with Crippen molar-refractivity contribution >= 4 is 0 Å². The van der Waals surface area contributed by atoms with E-state index >= 15 is 0 Å². The van der Waals surface area contributed by atoms with Crippen molar-refractivity contribution in [1.29, 1.82) is 0 Å². The van der Waals surface area contributed by atoms with E-state index in [1.807, 2.05) is 0 Å². The molecule has 0 aromatic rings. The van der Waals surface area contributed by atoms with Gasteiger partial charge in [0.1, 0.15) is 0 Å². The lowest BCUT2D eigenvalue weighted by Gasteiger charge is -2.26. The van der Waals surface area contributed by atoms with Gasteiger partial charge in [0, 0.05) is 13.1 Å². The van der Waals surface area contributed by atoms with Crippen LogP contribution < -0.4 is 0 Å². The van der Waals surface area contributed by atoms with Crippen LogP contribution in [0.4, 0.5) is 0 Å². The Morgan fingerprint density at radius 2 is 1.17 bits per heavy atom. The van der Waals surface area contributed by atoms with E-state index < -0.39 is 0 Å². The molecule has 0 bridgehead atoms. The molecule has 1 saturated heterocycles. The minimum atomic E-state index is 0.937. The van der Waals surface area contributed by atoms with E-state index in [4.69, 9.17) is 4.74 Å². The fourth-order valence-electron chi connectivity index (χ4n) is 3.41. The lowest BCUT2D eigenvalue weighted by molar-refractivity contribution is 0.0371. The summed E-state index contributed by atoms with van der Waals surface area (Å²) in [6.45, 7) is 7.73. The Morgan fingerprint density at radius 3 is 1.75 bits per heavy atom. The van der Waals surface area contributed by atoms with Gasteiger partial charge < -0.3 is 4.74 Å². The molecule has 0 amide bonds. The first-order valence-corrected chi connectivity index (χ1v) is 10.9. The average molecular weight is 338 g/mol. The summed E-state index contributed by atoms with van der Waals surface area (Å²) in [7, 11) is 0. The number of rotatable bonds is 16. The van der Waals surface area contributed by atoms with Crippen molar-refractivity contribution in [2.75, 3.05) is 32.8 Å². The highest BCUT2D eigenvalue weighted by atomic mass is 16.5. The summed E-state index contributed by atoms with van der Waals surface area (Å²) >= 11 is 0. The molecule has 1 fully saturated rings. The van der Waals surface area contributed by atoms with E-state index in [1.54, 1.807) is 0 Å². The van der Waals surface area contributed by atoms with E-state index in [0.29, 0.717) is 0 Å². The van der Waals surface area contributed by atoms with Gasteiger partial charge in [-0.2, -0.15) is 0 Å². The van der Waals surface area contributed by atoms with Crippen LogP contribution in [-0.2, 0) is 4.74 Å². The summed E-state index contributed by atoms with van der Waals surface area (Å²) in [4.78, 5) is 2.55. The standard InChI is InChI=1S/C22H43NO/c1-2-3-4-5-6-7-8-9-10-11-12-13-14-15-16-17-18-23-19-21-24-22-20-23/h9-10H,2-8,11-22H2,1H3. The minimum Gasteiger partial charge on any atom is -0.379 e. The summed E-state index contributed by atoms with van der Waals surface area (Å²) in [5.74, 6) is 0. The van der Waals surface area contributed by atoms with Crippen molar-refractivity contribution < 1.29 is 4.74 Å². The highest BCUT2D eigenvalue weighted by molar-refractivity contribution is 4.81. The third kappa shape index (κ3) is 14.0. The minimum absolute atomic E-state index is 0.937. The average Bonchev–Trinajstić information content (AvgIpc) is 2.62. The first-order valence-electron chi connectivity index (χ1n) is 10.9. The molecule has 1 aliphatic rings. The topological polar surface area (TPSA) is 12.5 Å². The Morgan fingerprint density at radius 1 is 0.667 bits per heavy atom. The van der Waals surface area contributed by atoms with Crippen LogP contribution in [0.15, 0.2) is 12.2 Å². The second-order valence-corrected chi connectivity index (χ2v) is 7.39. The molecule has 0 spiro atoms. The molecular weight excluding hydrogens is 294 g/mol. The lowest BCUT2D eigenvalue weighted by atomic mass is 10.1. The van der Waals surface area contributed by atoms with Crippen LogP contribution >= 0.6 is 0 Å². The highest BCUT2D eigenvalue weighted by Crippen LogP contribution is 2.10. The molecule has 2 heteroatoms. The predicted molar refractivity (Wildman–Crippen MR) is 107 cm³/mol. The molecule has 0 N–H and O–H groups in total. The van der Waals surface area contributed by atoms with Gasteiger partial charge in [-0.25, -0.2) is 0 Å². The number of allylic oxidation sites excluding steroid dienone is 2. The molecule has 0 saturated carbocycles. The van der Waals surface area contributed by atoms with Gasteiger partial charge in [0.05, 0.1) is 13.2 Å². The maximum Gasteiger partial charge on any atom is 0.0594 e. The fraction of sp³-hybridized carbons (Fsp3) is 0.909. The van der Waals surface area contributed by atoms with Crippen molar-refractivity contribution in [1.82, 2.24) is 4.90 Å². The zero-order chi connectivity index (χ0) is 17.1. The van der Waals surface area contributed by atoms with Gasteiger partial charge >= 0.3 is 0 Å². The number of ether oxygens (including phenoxy) is 1. The van der Waals surface area contributed by atoms with Gasteiger partial charge in [0.15, 0.2) is 0 Å². The number of hydrogen-bond acceptors (Lipinski definition) is 2. The summed E-state index contributed by atoms with van der Waals surface area (Å²) in [5.41, 5.74) is 0. The van der Waals surface area contributed by atoms with Crippen molar-refractivity contribution in [3.63, 3.8) is 0 Å². The van der Waals surface area contributed by atoms with Gasteiger partial charge in [0.25, 0.3) is 0 Å². The van der Waals surface area contributed by atoms with Gasteiger partial charge in [-0.05, 0) is 38.6 Å². The van der Waals surface area contributed by atoms with E-state index in [2.05, 4.69) is 24.0 Å². The molecule has 1 aliphatic heterocycles. The largest absolute Gasteiger partial charge is 0.379 e. The normalized spacial score (nSPS) is 16.2. The molecule has 0 aromatic heterocycles. The SMILES string of the molecule is CCCCCCCCC=CCCCCCCCCN1CCOCC1.